The van der Waals surface area contributed by atoms with Crippen LogP contribution in [0.25, 0.3) is 0 Å². The van der Waals surface area contributed by atoms with Crippen LogP contribution >= 0.6 is 0 Å². The van der Waals surface area contributed by atoms with E-state index in [1.54, 1.807) is 0 Å². The average molecular weight is 421 g/mol. The molecule has 0 radical (unpaired) electrons. The molecule has 2 atom stereocenters. The van der Waals surface area contributed by atoms with Crippen molar-refractivity contribution >= 4 is 0 Å². The molecule has 5 rings (SSSR count). The normalized spacial score (nSPS) is 26.6. The molecule has 166 valence electrons. The third kappa shape index (κ3) is 3.96. The first kappa shape index (κ1) is 20.8. The first-order chi connectivity index (χ1) is 15.0. The molecule has 0 aliphatic carbocycles. The minimum atomic E-state index is -0.0395. The highest BCUT2D eigenvalue weighted by atomic mass is 16.6. The smallest absolute Gasteiger partial charge is 0.162 e. The lowest BCUT2D eigenvalue weighted by Crippen LogP contribution is -2.55. The van der Waals surface area contributed by atoms with Crippen molar-refractivity contribution in [2.75, 3.05) is 26.2 Å². The molecule has 3 aliphatic heterocycles. The summed E-state index contributed by atoms with van der Waals surface area (Å²) in [7, 11) is 0. The van der Waals surface area contributed by atoms with E-state index in [-0.39, 0.29) is 6.10 Å². The molecule has 4 heteroatoms. The second kappa shape index (κ2) is 8.14. The first-order valence-electron chi connectivity index (χ1n) is 12.0. The van der Waals surface area contributed by atoms with Crippen LogP contribution in [0.15, 0.2) is 48.5 Å². The molecule has 0 bridgehead atoms. The van der Waals surface area contributed by atoms with Crippen LogP contribution < -0.4 is 9.47 Å². The van der Waals surface area contributed by atoms with Crippen LogP contribution in [-0.2, 0) is 6.54 Å². The number of nitrogens with zero attached hydrogens (tertiary/aromatic N) is 2. The Morgan fingerprint density at radius 2 is 1.77 bits per heavy atom. The van der Waals surface area contributed by atoms with Crippen molar-refractivity contribution in [1.82, 2.24) is 9.80 Å². The lowest BCUT2D eigenvalue weighted by molar-refractivity contribution is 0.0339. The van der Waals surface area contributed by atoms with Gasteiger partial charge in [0.2, 0.25) is 0 Å². The van der Waals surface area contributed by atoms with E-state index >= 15 is 0 Å². The second-order valence-electron chi connectivity index (χ2n) is 10.2. The van der Waals surface area contributed by atoms with Crippen molar-refractivity contribution in [3.63, 3.8) is 0 Å². The molecule has 0 amide bonds. The Morgan fingerprint density at radius 1 is 1.00 bits per heavy atom. The molecule has 2 aromatic carbocycles. The minimum absolute atomic E-state index is 0.0395. The van der Waals surface area contributed by atoms with E-state index in [1.165, 1.54) is 56.4 Å². The molecule has 3 heterocycles. The minimum Gasteiger partial charge on any atom is -0.485 e. The van der Waals surface area contributed by atoms with Gasteiger partial charge in [0.1, 0.15) is 6.61 Å². The summed E-state index contributed by atoms with van der Waals surface area (Å²) in [5.41, 5.74) is 3.26. The Labute approximate surface area is 187 Å². The quantitative estimate of drug-likeness (QED) is 0.644. The molecule has 3 aliphatic rings. The molecule has 0 N–H and O–H groups in total. The largest absolute Gasteiger partial charge is 0.485 e. The summed E-state index contributed by atoms with van der Waals surface area (Å²) < 4.78 is 12.1. The molecule has 2 aromatic rings. The number of ether oxygens (including phenoxy) is 2. The fourth-order valence-electron chi connectivity index (χ4n) is 5.85. The van der Waals surface area contributed by atoms with Gasteiger partial charge < -0.3 is 9.47 Å². The van der Waals surface area contributed by atoms with Crippen LogP contribution in [0.1, 0.15) is 63.7 Å². The fourth-order valence-corrected chi connectivity index (χ4v) is 5.85. The average Bonchev–Trinajstić information content (AvgIpc) is 3.40. The molecule has 2 fully saturated rings. The Morgan fingerprint density at radius 3 is 2.55 bits per heavy atom. The van der Waals surface area contributed by atoms with Gasteiger partial charge in [0.25, 0.3) is 0 Å². The first-order valence-corrected chi connectivity index (χ1v) is 12.0. The predicted octanol–water partition coefficient (Wildman–Crippen LogP) is 5.43. The maximum absolute atomic E-state index is 6.17. The maximum Gasteiger partial charge on any atom is 0.162 e. The van der Waals surface area contributed by atoms with Crippen LogP contribution in [0.5, 0.6) is 11.5 Å². The Balaban J connectivity index is 1.22. The van der Waals surface area contributed by atoms with Crippen molar-refractivity contribution < 1.29 is 9.47 Å². The summed E-state index contributed by atoms with van der Waals surface area (Å²) in [6, 6.07) is 16.9. The van der Waals surface area contributed by atoms with Crippen LogP contribution in [-0.4, -0.2) is 47.1 Å². The van der Waals surface area contributed by atoms with Crippen LogP contribution in [0.4, 0.5) is 0 Å². The van der Waals surface area contributed by atoms with E-state index in [4.69, 9.17) is 9.47 Å². The third-order valence-electron chi connectivity index (χ3n) is 7.87. The topological polar surface area (TPSA) is 24.9 Å². The Hall–Kier alpha value is -2.04. The van der Waals surface area contributed by atoms with Crippen molar-refractivity contribution in [2.24, 2.45) is 0 Å². The van der Waals surface area contributed by atoms with Gasteiger partial charge in [0, 0.05) is 30.7 Å². The summed E-state index contributed by atoms with van der Waals surface area (Å²) >= 11 is 0. The van der Waals surface area contributed by atoms with Gasteiger partial charge in [-0.25, -0.2) is 0 Å². The van der Waals surface area contributed by atoms with E-state index in [1.807, 2.05) is 24.3 Å². The van der Waals surface area contributed by atoms with E-state index in [0.717, 1.165) is 18.0 Å². The number of rotatable bonds is 5. The van der Waals surface area contributed by atoms with Crippen LogP contribution in [0.3, 0.4) is 0 Å². The number of para-hydroxylation sites is 2. The third-order valence-corrected chi connectivity index (χ3v) is 7.87. The number of hydrogen-bond acceptors (Lipinski definition) is 4. The lowest BCUT2D eigenvalue weighted by atomic mass is 9.89. The van der Waals surface area contributed by atoms with E-state index in [9.17, 15) is 0 Å². The zero-order valence-electron chi connectivity index (χ0n) is 19.3. The molecule has 0 aromatic heterocycles. The zero-order chi connectivity index (χ0) is 21.5. The number of benzene rings is 2. The summed E-state index contributed by atoms with van der Waals surface area (Å²) in [5, 5.41) is 0. The van der Waals surface area contributed by atoms with Gasteiger partial charge in [0.05, 0.1) is 0 Å². The fraction of sp³-hybridized carbons (Fsp3) is 0.556. The second-order valence-corrected chi connectivity index (χ2v) is 10.2. The van der Waals surface area contributed by atoms with Gasteiger partial charge in [-0.2, -0.15) is 0 Å². The number of hydrogen-bond donors (Lipinski definition) is 0. The summed E-state index contributed by atoms with van der Waals surface area (Å²) in [5.74, 6) is 1.67. The SMILES string of the molecule is CCC(C)(C)N1CCCC12CCN(Cc1ccc(C3COc4ccccc4O3)cc1)C2. The van der Waals surface area contributed by atoms with Gasteiger partial charge >= 0.3 is 0 Å². The molecule has 31 heavy (non-hydrogen) atoms. The van der Waals surface area contributed by atoms with Gasteiger partial charge in [-0.3, -0.25) is 9.80 Å². The molecular formula is C27H36N2O2. The highest BCUT2D eigenvalue weighted by Gasteiger charge is 2.50. The number of likely N-dealkylation sites (tertiary alicyclic amines) is 2. The summed E-state index contributed by atoms with van der Waals surface area (Å²) in [4.78, 5) is 5.50. The van der Waals surface area contributed by atoms with Crippen molar-refractivity contribution in [3.05, 3.63) is 59.7 Å². The van der Waals surface area contributed by atoms with Crippen molar-refractivity contribution in [3.8, 4) is 11.5 Å². The predicted molar refractivity (Wildman–Crippen MR) is 125 cm³/mol. The van der Waals surface area contributed by atoms with Gasteiger partial charge in [-0.05, 0) is 69.3 Å². The van der Waals surface area contributed by atoms with E-state index in [0.29, 0.717) is 17.7 Å². The molecule has 0 saturated carbocycles. The van der Waals surface area contributed by atoms with E-state index < -0.39 is 0 Å². The van der Waals surface area contributed by atoms with Crippen LogP contribution in [0.2, 0.25) is 0 Å². The molecule has 2 unspecified atom stereocenters. The van der Waals surface area contributed by atoms with Gasteiger partial charge in [-0.1, -0.05) is 43.3 Å². The highest BCUT2D eigenvalue weighted by molar-refractivity contribution is 5.41. The maximum atomic E-state index is 6.17. The Kier molecular flexibility index (Phi) is 5.47. The standard InChI is InChI=1S/C27H36N2O2/c1-4-26(2,3)29-16-7-14-27(29)15-17-28(20-27)18-21-10-12-22(13-11-21)25-19-30-23-8-5-6-9-24(23)31-25/h5-6,8-13,25H,4,7,14-20H2,1-3H3. The summed E-state index contributed by atoms with van der Waals surface area (Å²) in [6.07, 6.45) is 5.18. The lowest BCUT2D eigenvalue weighted by Gasteiger charge is -2.46. The number of fused-ring (bicyclic) bond motifs is 1. The van der Waals surface area contributed by atoms with E-state index in [2.05, 4.69) is 54.8 Å². The summed E-state index contributed by atoms with van der Waals surface area (Å²) in [6.45, 7) is 12.5. The van der Waals surface area contributed by atoms with Gasteiger partial charge in [-0.15, -0.1) is 0 Å². The molecular weight excluding hydrogens is 384 g/mol. The van der Waals surface area contributed by atoms with Crippen molar-refractivity contribution in [2.45, 2.75) is 70.2 Å². The molecule has 4 nitrogen and oxygen atoms in total. The van der Waals surface area contributed by atoms with Crippen molar-refractivity contribution in [1.29, 1.82) is 0 Å². The Bertz CT molecular complexity index is 910. The molecule has 2 saturated heterocycles. The highest BCUT2D eigenvalue weighted by Crippen LogP contribution is 2.43. The van der Waals surface area contributed by atoms with Gasteiger partial charge in [0.15, 0.2) is 17.6 Å². The zero-order valence-corrected chi connectivity index (χ0v) is 19.3. The molecule has 1 spiro atoms. The monoisotopic (exact) mass is 420 g/mol. The van der Waals surface area contributed by atoms with Crippen LogP contribution in [0, 0.1) is 0 Å².